The van der Waals surface area contributed by atoms with Gasteiger partial charge in [-0.25, -0.2) is 0 Å². The molecule has 1 saturated heterocycles. The minimum atomic E-state index is -0.0418. The largest absolute Gasteiger partial charge is 0.459 e. The summed E-state index contributed by atoms with van der Waals surface area (Å²) in [5.74, 6) is 1.72. The molecule has 30 heavy (non-hydrogen) atoms. The van der Waals surface area contributed by atoms with E-state index in [0.29, 0.717) is 6.04 Å². The smallest absolute Gasteiger partial charge is 0.170 e. The van der Waals surface area contributed by atoms with Crippen LogP contribution in [0.2, 0.25) is 5.02 Å². The molecule has 1 aliphatic heterocycles. The molecule has 1 N–H and O–H groups in total. The molecule has 0 amide bonds. The molecule has 5 rings (SSSR count). The minimum absolute atomic E-state index is 0.0230. The van der Waals surface area contributed by atoms with E-state index in [1.54, 1.807) is 0 Å². The number of nitrogens with zero attached hydrogens (tertiary/aromatic N) is 2. The quantitative estimate of drug-likeness (QED) is 0.491. The van der Waals surface area contributed by atoms with Gasteiger partial charge in [0.1, 0.15) is 17.6 Å². The van der Waals surface area contributed by atoms with Crippen LogP contribution in [0.4, 0.5) is 0 Å². The zero-order valence-corrected chi connectivity index (χ0v) is 18.4. The van der Waals surface area contributed by atoms with Gasteiger partial charge in [0.2, 0.25) is 0 Å². The summed E-state index contributed by atoms with van der Waals surface area (Å²) in [7, 11) is 0. The number of aromatic nitrogens is 1. The molecule has 0 unspecified atom stereocenters. The van der Waals surface area contributed by atoms with Crippen LogP contribution in [0.1, 0.15) is 54.8 Å². The van der Waals surface area contributed by atoms with Crippen LogP contribution in [0.25, 0.3) is 11.3 Å². The fourth-order valence-corrected chi connectivity index (χ4v) is 5.23. The average molecular weight is 438 g/mol. The fourth-order valence-electron chi connectivity index (χ4n) is 4.66. The first-order valence-corrected chi connectivity index (χ1v) is 11.3. The Bertz CT molecular complexity index is 1060. The van der Waals surface area contributed by atoms with Crippen molar-refractivity contribution in [3.05, 3.63) is 76.8 Å². The monoisotopic (exact) mass is 437 g/mol. The van der Waals surface area contributed by atoms with Crippen LogP contribution in [0.3, 0.4) is 0 Å². The highest BCUT2D eigenvalue weighted by molar-refractivity contribution is 7.80. The molecule has 0 spiro atoms. The minimum Gasteiger partial charge on any atom is -0.459 e. The number of aryl methyl sites for hydroxylation is 1. The number of furan rings is 1. The van der Waals surface area contributed by atoms with Crippen molar-refractivity contribution in [3.8, 4) is 11.3 Å². The lowest BCUT2D eigenvalue weighted by Crippen LogP contribution is -2.37. The van der Waals surface area contributed by atoms with E-state index in [1.807, 2.05) is 49.5 Å². The van der Waals surface area contributed by atoms with E-state index >= 15 is 0 Å². The van der Waals surface area contributed by atoms with Crippen molar-refractivity contribution in [2.24, 2.45) is 0 Å². The van der Waals surface area contributed by atoms with Crippen LogP contribution >= 0.6 is 23.8 Å². The van der Waals surface area contributed by atoms with Crippen molar-refractivity contribution in [2.45, 2.75) is 50.7 Å². The van der Waals surface area contributed by atoms with E-state index in [1.165, 1.54) is 12.8 Å². The second kappa shape index (κ2) is 8.05. The fraction of sp³-hybridized carbons (Fsp3) is 0.333. The predicted molar refractivity (Wildman–Crippen MR) is 123 cm³/mol. The van der Waals surface area contributed by atoms with Crippen molar-refractivity contribution >= 4 is 28.9 Å². The standard InChI is InChI=1S/C24H24ClN3OS/c1-15-9-10-16(14-18(15)25)20-11-12-21(29-20)23-22(19-8-4-5-13-26-19)27-24(30)28(23)17-6-2-3-7-17/h4-5,8-14,17,22-23H,2-3,6-7H2,1H3,(H,27,30)/t22-,23+/m1/s1. The maximum atomic E-state index is 6.41. The van der Waals surface area contributed by atoms with Gasteiger partial charge in [0.15, 0.2) is 5.11 Å². The molecule has 3 heterocycles. The van der Waals surface area contributed by atoms with Crippen LogP contribution in [-0.2, 0) is 0 Å². The lowest BCUT2D eigenvalue weighted by atomic mass is 10.0. The summed E-state index contributed by atoms with van der Waals surface area (Å²) in [6.07, 6.45) is 6.64. The van der Waals surface area contributed by atoms with Crippen LogP contribution in [0.15, 0.2) is 59.1 Å². The number of benzene rings is 1. The molecule has 2 fully saturated rings. The van der Waals surface area contributed by atoms with E-state index < -0.39 is 0 Å². The van der Waals surface area contributed by atoms with E-state index in [4.69, 9.17) is 28.2 Å². The molecule has 1 saturated carbocycles. The zero-order valence-electron chi connectivity index (χ0n) is 16.8. The average Bonchev–Trinajstić information content (AvgIpc) is 3.50. The first-order valence-electron chi connectivity index (χ1n) is 10.5. The Morgan fingerprint density at radius 2 is 1.97 bits per heavy atom. The van der Waals surface area contributed by atoms with Gasteiger partial charge in [-0.05, 0) is 67.9 Å². The maximum Gasteiger partial charge on any atom is 0.170 e. The predicted octanol–water partition coefficient (Wildman–Crippen LogP) is 6.22. The van der Waals surface area contributed by atoms with Crippen molar-refractivity contribution in [1.82, 2.24) is 15.2 Å². The topological polar surface area (TPSA) is 41.3 Å². The van der Waals surface area contributed by atoms with Gasteiger partial charge < -0.3 is 14.6 Å². The molecule has 2 aromatic heterocycles. The highest BCUT2D eigenvalue weighted by atomic mass is 35.5. The summed E-state index contributed by atoms with van der Waals surface area (Å²) in [4.78, 5) is 6.96. The summed E-state index contributed by atoms with van der Waals surface area (Å²) < 4.78 is 6.41. The Morgan fingerprint density at radius 3 is 2.70 bits per heavy atom. The Balaban J connectivity index is 1.54. The molecule has 6 heteroatoms. The maximum absolute atomic E-state index is 6.41. The molecule has 2 atom stereocenters. The van der Waals surface area contributed by atoms with Crippen LogP contribution in [0.5, 0.6) is 0 Å². The molecule has 1 aromatic carbocycles. The van der Waals surface area contributed by atoms with Crippen molar-refractivity contribution in [2.75, 3.05) is 0 Å². The zero-order chi connectivity index (χ0) is 20.7. The number of nitrogens with one attached hydrogen (secondary N) is 1. The third-order valence-electron chi connectivity index (χ3n) is 6.23. The third kappa shape index (κ3) is 3.50. The summed E-state index contributed by atoms with van der Waals surface area (Å²) >= 11 is 12.1. The summed E-state index contributed by atoms with van der Waals surface area (Å²) in [5.41, 5.74) is 3.01. The molecular formula is C24H24ClN3OS. The van der Waals surface area contributed by atoms with Crippen LogP contribution in [-0.4, -0.2) is 21.0 Å². The van der Waals surface area contributed by atoms with Crippen molar-refractivity contribution in [1.29, 1.82) is 0 Å². The number of thiocarbonyl (C=S) groups is 1. The van der Waals surface area contributed by atoms with Crippen LogP contribution < -0.4 is 5.32 Å². The van der Waals surface area contributed by atoms with Gasteiger partial charge in [-0.15, -0.1) is 0 Å². The normalized spacial score (nSPS) is 21.9. The van der Waals surface area contributed by atoms with E-state index in [0.717, 1.165) is 51.3 Å². The SMILES string of the molecule is Cc1ccc(-c2ccc([C@H]3[C@@H](c4ccccn4)NC(=S)N3C3CCCC3)o2)cc1Cl. The van der Waals surface area contributed by atoms with E-state index in [-0.39, 0.29) is 12.1 Å². The Kier molecular flexibility index (Phi) is 5.25. The molecule has 3 aromatic rings. The molecule has 4 nitrogen and oxygen atoms in total. The van der Waals surface area contributed by atoms with Gasteiger partial charge >= 0.3 is 0 Å². The van der Waals surface area contributed by atoms with Crippen LogP contribution in [0, 0.1) is 6.92 Å². The van der Waals surface area contributed by atoms with Gasteiger partial charge in [0, 0.05) is 22.8 Å². The second-order valence-corrected chi connectivity index (χ2v) is 8.93. The molecule has 154 valence electrons. The highest BCUT2D eigenvalue weighted by Gasteiger charge is 2.45. The highest BCUT2D eigenvalue weighted by Crippen LogP contribution is 2.44. The first kappa shape index (κ1) is 19.6. The Labute approximate surface area is 187 Å². The lowest BCUT2D eigenvalue weighted by molar-refractivity contribution is 0.218. The molecule has 1 aliphatic carbocycles. The Morgan fingerprint density at radius 1 is 1.13 bits per heavy atom. The summed E-state index contributed by atoms with van der Waals surface area (Å²) in [5, 5.41) is 5.06. The number of rotatable bonds is 4. The first-order chi connectivity index (χ1) is 14.6. The van der Waals surface area contributed by atoms with Gasteiger partial charge in [0.25, 0.3) is 0 Å². The van der Waals surface area contributed by atoms with Gasteiger partial charge in [-0.3, -0.25) is 4.98 Å². The van der Waals surface area contributed by atoms with E-state index in [9.17, 15) is 0 Å². The van der Waals surface area contributed by atoms with Crippen molar-refractivity contribution in [3.63, 3.8) is 0 Å². The second-order valence-electron chi connectivity index (χ2n) is 8.14. The summed E-state index contributed by atoms with van der Waals surface area (Å²) in [6.45, 7) is 2.00. The number of halogens is 1. The van der Waals surface area contributed by atoms with Crippen molar-refractivity contribution < 1.29 is 4.42 Å². The molecular weight excluding hydrogens is 414 g/mol. The Hall–Kier alpha value is -2.37. The van der Waals surface area contributed by atoms with Gasteiger partial charge in [-0.1, -0.05) is 42.6 Å². The van der Waals surface area contributed by atoms with E-state index in [2.05, 4.69) is 27.3 Å². The third-order valence-corrected chi connectivity index (χ3v) is 6.96. The van der Waals surface area contributed by atoms with Gasteiger partial charge in [0.05, 0.1) is 11.7 Å². The lowest BCUT2D eigenvalue weighted by Gasteiger charge is -2.31. The number of pyridine rings is 1. The molecule has 0 radical (unpaired) electrons. The molecule has 2 aliphatic rings. The van der Waals surface area contributed by atoms with Gasteiger partial charge in [-0.2, -0.15) is 0 Å². The summed E-state index contributed by atoms with van der Waals surface area (Å²) in [6, 6.07) is 16.5. The number of hydrogen-bond donors (Lipinski definition) is 1. The number of hydrogen-bond acceptors (Lipinski definition) is 3. The molecule has 0 bridgehead atoms.